The number of halogens is 1. The first-order chi connectivity index (χ1) is 15.3. The molecule has 32 heavy (non-hydrogen) atoms. The van der Waals surface area contributed by atoms with Crippen molar-refractivity contribution in [3.05, 3.63) is 77.1 Å². The molecule has 9 heteroatoms. The van der Waals surface area contributed by atoms with Crippen molar-refractivity contribution in [2.45, 2.75) is 25.7 Å². The van der Waals surface area contributed by atoms with E-state index >= 15 is 0 Å². The fourth-order valence-corrected chi connectivity index (χ4v) is 5.08. The highest BCUT2D eigenvalue weighted by molar-refractivity contribution is 7.89. The van der Waals surface area contributed by atoms with Crippen LogP contribution in [0.3, 0.4) is 0 Å². The molecule has 168 valence electrons. The highest BCUT2D eigenvalue weighted by Gasteiger charge is 2.25. The molecule has 0 atom stereocenters. The minimum atomic E-state index is -3.80. The van der Waals surface area contributed by atoms with Crippen molar-refractivity contribution in [1.82, 2.24) is 9.29 Å². The Kier molecular flexibility index (Phi) is 7.50. The molecule has 1 heterocycles. The molecule has 0 saturated carbocycles. The number of carbonyl (C=O) groups is 1. The number of nitrogens with one attached hydrogen (secondary N) is 1. The SMILES string of the molecule is CCN(CC)S(=O)(=O)c1cc(C(=O)Nc2ccc(Oc3cccnc3)c(C)c2)ccc1Cl. The van der Waals surface area contributed by atoms with Gasteiger partial charge in [-0.15, -0.1) is 0 Å². The van der Waals surface area contributed by atoms with E-state index < -0.39 is 15.9 Å². The van der Waals surface area contributed by atoms with Crippen molar-refractivity contribution < 1.29 is 17.9 Å². The number of anilines is 1. The van der Waals surface area contributed by atoms with Crippen LogP contribution in [0.2, 0.25) is 5.02 Å². The van der Waals surface area contributed by atoms with E-state index in [4.69, 9.17) is 16.3 Å². The average Bonchev–Trinajstić information content (AvgIpc) is 2.77. The lowest BCUT2D eigenvalue weighted by Gasteiger charge is -2.19. The van der Waals surface area contributed by atoms with E-state index in [-0.39, 0.29) is 15.5 Å². The van der Waals surface area contributed by atoms with Gasteiger partial charge in [0, 0.05) is 30.5 Å². The molecule has 7 nitrogen and oxygen atoms in total. The van der Waals surface area contributed by atoms with Gasteiger partial charge in [-0.2, -0.15) is 4.31 Å². The zero-order chi connectivity index (χ0) is 23.3. The maximum absolute atomic E-state index is 12.9. The molecule has 1 aromatic heterocycles. The summed E-state index contributed by atoms with van der Waals surface area (Å²) >= 11 is 6.15. The van der Waals surface area contributed by atoms with Crippen LogP contribution in [0.4, 0.5) is 5.69 Å². The fourth-order valence-electron chi connectivity index (χ4n) is 3.12. The van der Waals surface area contributed by atoms with Crippen molar-refractivity contribution in [2.24, 2.45) is 0 Å². The van der Waals surface area contributed by atoms with Gasteiger partial charge in [-0.1, -0.05) is 25.4 Å². The molecule has 0 aliphatic rings. The van der Waals surface area contributed by atoms with E-state index in [2.05, 4.69) is 10.3 Å². The zero-order valence-electron chi connectivity index (χ0n) is 18.0. The van der Waals surface area contributed by atoms with Crippen LogP contribution in [0, 0.1) is 6.92 Å². The van der Waals surface area contributed by atoms with Crippen molar-refractivity contribution in [3.63, 3.8) is 0 Å². The minimum absolute atomic E-state index is 0.0706. The average molecular weight is 474 g/mol. The smallest absolute Gasteiger partial charge is 0.255 e. The molecule has 0 spiro atoms. The number of aryl methyl sites for hydroxylation is 1. The molecule has 3 rings (SSSR count). The summed E-state index contributed by atoms with van der Waals surface area (Å²) in [5, 5.41) is 2.86. The van der Waals surface area contributed by atoms with Crippen LogP contribution in [0.15, 0.2) is 65.8 Å². The Morgan fingerprint density at radius 2 is 1.88 bits per heavy atom. The number of amides is 1. The molecular weight excluding hydrogens is 450 g/mol. The lowest BCUT2D eigenvalue weighted by atomic mass is 10.1. The number of benzene rings is 2. The number of rotatable bonds is 8. The van der Waals surface area contributed by atoms with Gasteiger partial charge in [0.25, 0.3) is 5.91 Å². The van der Waals surface area contributed by atoms with Crippen LogP contribution >= 0.6 is 11.6 Å². The largest absolute Gasteiger partial charge is 0.455 e. The predicted octanol–water partition coefficient (Wildman–Crippen LogP) is 5.12. The van der Waals surface area contributed by atoms with Gasteiger partial charge in [0.1, 0.15) is 16.4 Å². The first-order valence-corrected chi connectivity index (χ1v) is 11.9. The number of ether oxygens (including phenoxy) is 1. The molecule has 3 aromatic rings. The molecule has 2 aromatic carbocycles. The Balaban J connectivity index is 1.81. The summed E-state index contributed by atoms with van der Waals surface area (Å²) in [6.45, 7) is 5.96. The van der Waals surface area contributed by atoms with Crippen LogP contribution in [0.1, 0.15) is 29.8 Å². The molecule has 0 aliphatic heterocycles. The highest BCUT2D eigenvalue weighted by atomic mass is 35.5. The number of hydrogen-bond acceptors (Lipinski definition) is 5. The summed E-state index contributed by atoms with van der Waals surface area (Å²) < 4.78 is 32.8. The van der Waals surface area contributed by atoms with E-state index in [0.29, 0.717) is 30.3 Å². The lowest BCUT2D eigenvalue weighted by molar-refractivity contribution is 0.102. The zero-order valence-corrected chi connectivity index (χ0v) is 19.6. The van der Waals surface area contributed by atoms with Gasteiger partial charge in [-0.3, -0.25) is 9.78 Å². The van der Waals surface area contributed by atoms with Crippen LogP contribution in [0.25, 0.3) is 0 Å². The predicted molar refractivity (Wildman–Crippen MR) is 125 cm³/mol. The van der Waals surface area contributed by atoms with Gasteiger partial charge in [-0.05, 0) is 61.0 Å². The summed E-state index contributed by atoms with van der Waals surface area (Å²) in [7, 11) is -3.80. The molecule has 0 bridgehead atoms. The topological polar surface area (TPSA) is 88.6 Å². The van der Waals surface area contributed by atoms with Gasteiger partial charge in [0.05, 0.1) is 11.2 Å². The second-order valence-corrected chi connectivity index (χ2v) is 9.27. The molecule has 0 unspecified atom stereocenters. The summed E-state index contributed by atoms with van der Waals surface area (Å²) in [5.41, 5.74) is 1.55. The monoisotopic (exact) mass is 473 g/mol. The van der Waals surface area contributed by atoms with Gasteiger partial charge < -0.3 is 10.1 Å². The molecule has 0 fully saturated rings. The number of sulfonamides is 1. The van der Waals surface area contributed by atoms with Crippen LogP contribution < -0.4 is 10.1 Å². The molecule has 0 aliphatic carbocycles. The Morgan fingerprint density at radius 1 is 1.12 bits per heavy atom. The second kappa shape index (κ2) is 10.1. The highest BCUT2D eigenvalue weighted by Crippen LogP contribution is 2.28. The van der Waals surface area contributed by atoms with Crippen LogP contribution in [0.5, 0.6) is 11.5 Å². The number of carbonyl (C=O) groups excluding carboxylic acids is 1. The van der Waals surface area contributed by atoms with E-state index in [9.17, 15) is 13.2 Å². The summed E-state index contributed by atoms with van der Waals surface area (Å²) in [5.74, 6) is 0.795. The number of aromatic nitrogens is 1. The van der Waals surface area contributed by atoms with E-state index in [1.165, 1.54) is 22.5 Å². The summed E-state index contributed by atoms with van der Waals surface area (Å²) in [6, 6.07) is 13.0. The van der Waals surface area contributed by atoms with Crippen molar-refractivity contribution >= 4 is 33.2 Å². The third kappa shape index (κ3) is 5.27. The first-order valence-electron chi connectivity index (χ1n) is 10.1. The van der Waals surface area contributed by atoms with E-state index in [0.717, 1.165) is 5.56 Å². The number of hydrogen-bond donors (Lipinski definition) is 1. The van der Waals surface area contributed by atoms with Crippen LogP contribution in [-0.4, -0.2) is 36.7 Å². The summed E-state index contributed by atoms with van der Waals surface area (Å²) in [6.07, 6.45) is 3.27. The van der Waals surface area contributed by atoms with Gasteiger partial charge in [-0.25, -0.2) is 8.42 Å². The molecule has 0 saturated heterocycles. The molecule has 0 radical (unpaired) electrons. The van der Waals surface area contributed by atoms with Crippen molar-refractivity contribution in [2.75, 3.05) is 18.4 Å². The van der Waals surface area contributed by atoms with E-state index in [1.54, 1.807) is 56.6 Å². The molecular formula is C23H24ClN3O4S. The van der Waals surface area contributed by atoms with Gasteiger partial charge in [0.2, 0.25) is 10.0 Å². The third-order valence-electron chi connectivity index (χ3n) is 4.81. The standard InChI is InChI=1S/C23H24ClN3O4S/c1-4-27(5-2)32(29,30)22-14-17(8-10-20(22)24)23(28)26-18-9-11-21(16(3)13-18)31-19-7-6-12-25-15-19/h6-15H,4-5H2,1-3H3,(H,26,28). The third-order valence-corrected chi connectivity index (χ3v) is 7.34. The summed E-state index contributed by atoms with van der Waals surface area (Å²) in [4.78, 5) is 16.7. The first kappa shape index (κ1) is 23.7. The molecule has 1 amide bonds. The minimum Gasteiger partial charge on any atom is -0.455 e. The van der Waals surface area contributed by atoms with Gasteiger partial charge in [0.15, 0.2) is 0 Å². The quantitative estimate of drug-likeness (QED) is 0.490. The van der Waals surface area contributed by atoms with E-state index in [1.807, 2.05) is 6.92 Å². The maximum atomic E-state index is 12.9. The Hall–Kier alpha value is -2.94. The Labute approximate surface area is 193 Å². The fraction of sp³-hybridized carbons (Fsp3) is 0.217. The van der Waals surface area contributed by atoms with Gasteiger partial charge >= 0.3 is 0 Å². The maximum Gasteiger partial charge on any atom is 0.255 e. The lowest BCUT2D eigenvalue weighted by Crippen LogP contribution is -2.31. The Morgan fingerprint density at radius 3 is 2.50 bits per heavy atom. The Bertz CT molecular complexity index is 1210. The van der Waals surface area contributed by atoms with Crippen LogP contribution in [-0.2, 0) is 10.0 Å². The van der Waals surface area contributed by atoms with Crippen molar-refractivity contribution in [1.29, 1.82) is 0 Å². The van der Waals surface area contributed by atoms with Crippen molar-refractivity contribution in [3.8, 4) is 11.5 Å². The number of pyridine rings is 1. The molecule has 1 N–H and O–H groups in total. The normalized spacial score (nSPS) is 11.4. The second-order valence-electron chi connectivity index (χ2n) is 6.96. The number of nitrogens with zero attached hydrogens (tertiary/aromatic N) is 2.